The Labute approximate surface area is 90.3 Å². The highest BCUT2D eigenvalue weighted by molar-refractivity contribution is 5.80. The van der Waals surface area contributed by atoms with Gasteiger partial charge in [0, 0.05) is 23.9 Å². The van der Waals surface area contributed by atoms with Crippen molar-refractivity contribution < 1.29 is 4.79 Å². The smallest absolute Gasteiger partial charge is 0.223 e. The Kier molecular flexibility index (Phi) is 2.80. The van der Waals surface area contributed by atoms with Gasteiger partial charge in [-0.1, -0.05) is 0 Å². The van der Waals surface area contributed by atoms with Gasteiger partial charge in [-0.25, -0.2) is 0 Å². The van der Waals surface area contributed by atoms with Crippen LogP contribution in [-0.4, -0.2) is 17.4 Å². The molecule has 0 spiro atoms. The van der Waals surface area contributed by atoms with Crippen LogP contribution in [0.2, 0.25) is 0 Å². The van der Waals surface area contributed by atoms with Gasteiger partial charge in [0.15, 0.2) is 0 Å². The fraction of sp³-hybridized carbons (Fsp3) is 0.583. The van der Waals surface area contributed by atoms with E-state index in [9.17, 15) is 4.79 Å². The lowest BCUT2D eigenvalue weighted by molar-refractivity contribution is -0.122. The van der Waals surface area contributed by atoms with Crippen LogP contribution in [0.25, 0.3) is 0 Å². The van der Waals surface area contributed by atoms with Crippen LogP contribution >= 0.6 is 0 Å². The molecular weight excluding hydrogens is 188 g/mol. The lowest BCUT2D eigenvalue weighted by Gasteiger charge is -2.03. The Morgan fingerprint density at radius 1 is 1.53 bits per heavy atom. The highest BCUT2D eigenvalue weighted by Crippen LogP contribution is 2.28. The van der Waals surface area contributed by atoms with Gasteiger partial charge in [-0.05, 0) is 44.7 Å². The fourth-order valence-corrected chi connectivity index (χ4v) is 1.85. The largest absolute Gasteiger partial charge is 0.362 e. The quantitative estimate of drug-likeness (QED) is 0.773. The summed E-state index contributed by atoms with van der Waals surface area (Å²) < 4.78 is 0. The molecule has 0 atom stereocenters. The maximum atomic E-state index is 11.4. The van der Waals surface area contributed by atoms with Crippen LogP contribution in [0.15, 0.2) is 6.07 Å². The third kappa shape index (κ3) is 2.61. The molecule has 15 heavy (non-hydrogen) atoms. The normalized spacial score (nSPS) is 15.3. The number of carbonyl (C=O) groups excluding carboxylic acids is 1. The zero-order valence-corrected chi connectivity index (χ0v) is 9.39. The van der Waals surface area contributed by atoms with Crippen molar-refractivity contribution in [3.8, 4) is 0 Å². The summed E-state index contributed by atoms with van der Waals surface area (Å²) in [5.74, 6) is 0.555. The molecule has 2 N–H and O–H groups in total. The number of hydrogen-bond acceptors (Lipinski definition) is 1. The average Bonchev–Trinajstić information content (AvgIpc) is 2.94. The molecule has 0 aliphatic heterocycles. The Morgan fingerprint density at radius 3 is 2.80 bits per heavy atom. The lowest BCUT2D eigenvalue weighted by atomic mass is 10.2. The van der Waals surface area contributed by atoms with Crippen LogP contribution in [0, 0.1) is 19.8 Å². The van der Waals surface area contributed by atoms with Crippen LogP contribution < -0.4 is 5.32 Å². The van der Waals surface area contributed by atoms with Crippen LogP contribution in [0.4, 0.5) is 0 Å². The summed E-state index contributed by atoms with van der Waals surface area (Å²) in [7, 11) is 0. The highest BCUT2D eigenvalue weighted by atomic mass is 16.2. The van der Waals surface area contributed by atoms with E-state index in [0.717, 1.165) is 25.8 Å². The minimum Gasteiger partial charge on any atom is -0.362 e. The number of rotatable bonds is 4. The molecule has 82 valence electrons. The Morgan fingerprint density at radius 2 is 2.27 bits per heavy atom. The number of aromatic nitrogens is 1. The van der Waals surface area contributed by atoms with E-state index >= 15 is 0 Å². The molecule has 0 radical (unpaired) electrons. The first kappa shape index (κ1) is 10.3. The van der Waals surface area contributed by atoms with Gasteiger partial charge >= 0.3 is 0 Å². The van der Waals surface area contributed by atoms with Crippen LogP contribution in [0.1, 0.15) is 29.8 Å². The van der Waals surface area contributed by atoms with E-state index in [1.165, 1.54) is 17.0 Å². The maximum absolute atomic E-state index is 11.4. The van der Waals surface area contributed by atoms with Crippen LogP contribution in [-0.2, 0) is 11.2 Å². The van der Waals surface area contributed by atoms with Crippen LogP contribution in [0.3, 0.4) is 0 Å². The van der Waals surface area contributed by atoms with E-state index in [1.807, 2.05) is 0 Å². The second-order valence-corrected chi connectivity index (χ2v) is 4.42. The van der Waals surface area contributed by atoms with E-state index in [4.69, 9.17) is 0 Å². The minimum atomic E-state index is 0.236. The summed E-state index contributed by atoms with van der Waals surface area (Å²) in [5.41, 5.74) is 3.72. The molecule has 0 bridgehead atoms. The van der Waals surface area contributed by atoms with Crippen molar-refractivity contribution >= 4 is 5.91 Å². The van der Waals surface area contributed by atoms with Crippen molar-refractivity contribution in [1.82, 2.24) is 10.3 Å². The first-order valence-corrected chi connectivity index (χ1v) is 5.59. The molecule has 0 aromatic carbocycles. The molecule has 0 saturated heterocycles. The van der Waals surface area contributed by atoms with E-state index in [1.54, 1.807) is 0 Å². The topological polar surface area (TPSA) is 44.9 Å². The molecule has 0 unspecified atom stereocenters. The number of amides is 1. The van der Waals surface area contributed by atoms with Crippen molar-refractivity contribution in [2.24, 2.45) is 5.92 Å². The third-order valence-corrected chi connectivity index (χ3v) is 2.90. The minimum absolute atomic E-state index is 0.236. The highest BCUT2D eigenvalue weighted by Gasteiger charge is 2.28. The predicted molar refractivity (Wildman–Crippen MR) is 59.7 cm³/mol. The number of aromatic amines is 1. The summed E-state index contributed by atoms with van der Waals surface area (Å²) in [6.45, 7) is 4.89. The van der Waals surface area contributed by atoms with E-state index in [-0.39, 0.29) is 5.91 Å². The molecule has 1 saturated carbocycles. The summed E-state index contributed by atoms with van der Waals surface area (Å²) in [6, 6.07) is 2.15. The molecule has 1 aliphatic carbocycles. The number of nitrogens with one attached hydrogen (secondary N) is 2. The predicted octanol–water partition coefficient (Wildman–Crippen LogP) is 1.70. The second kappa shape index (κ2) is 4.09. The Balaban J connectivity index is 1.77. The fourth-order valence-electron chi connectivity index (χ4n) is 1.85. The summed E-state index contributed by atoms with van der Waals surface area (Å²) >= 11 is 0. The van der Waals surface area contributed by atoms with Gasteiger partial charge in [-0.2, -0.15) is 0 Å². The monoisotopic (exact) mass is 206 g/mol. The number of hydrogen-bond donors (Lipinski definition) is 2. The van der Waals surface area contributed by atoms with Crippen molar-refractivity contribution in [3.05, 3.63) is 23.0 Å². The van der Waals surface area contributed by atoms with Gasteiger partial charge in [0.25, 0.3) is 0 Å². The summed E-state index contributed by atoms with van der Waals surface area (Å²) in [6.07, 6.45) is 3.08. The van der Waals surface area contributed by atoms with Crippen molar-refractivity contribution in [2.75, 3.05) is 6.54 Å². The first-order valence-electron chi connectivity index (χ1n) is 5.59. The lowest BCUT2D eigenvalue weighted by Crippen LogP contribution is -2.26. The molecule has 1 aromatic heterocycles. The van der Waals surface area contributed by atoms with Gasteiger partial charge in [0.2, 0.25) is 5.91 Å². The van der Waals surface area contributed by atoms with Gasteiger partial charge < -0.3 is 10.3 Å². The first-order chi connectivity index (χ1) is 7.16. The van der Waals surface area contributed by atoms with E-state index < -0.39 is 0 Å². The van der Waals surface area contributed by atoms with Gasteiger partial charge in [0.05, 0.1) is 0 Å². The Bertz CT molecular complexity index is 364. The van der Waals surface area contributed by atoms with Crippen molar-refractivity contribution in [2.45, 2.75) is 33.1 Å². The van der Waals surface area contributed by atoms with Crippen LogP contribution in [0.5, 0.6) is 0 Å². The van der Waals surface area contributed by atoms with Gasteiger partial charge in [0.1, 0.15) is 0 Å². The van der Waals surface area contributed by atoms with Gasteiger partial charge in [-0.15, -0.1) is 0 Å². The molecule has 2 rings (SSSR count). The number of aryl methyl sites for hydroxylation is 2. The molecular formula is C12H18N2O. The molecule has 1 fully saturated rings. The Hall–Kier alpha value is -1.25. The summed E-state index contributed by atoms with van der Waals surface area (Å²) in [4.78, 5) is 14.6. The second-order valence-electron chi connectivity index (χ2n) is 4.42. The summed E-state index contributed by atoms with van der Waals surface area (Å²) in [5, 5.41) is 2.98. The molecule has 3 heteroatoms. The molecule has 3 nitrogen and oxygen atoms in total. The molecule has 1 aliphatic rings. The molecule has 1 heterocycles. The van der Waals surface area contributed by atoms with E-state index in [0.29, 0.717) is 5.92 Å². The standard InChI is InChI=1S/C12H18N2O/c1-8-7-11(9(2)14-8)5-6-13-12(15)10-3-4-10/h7,10,14H,3-6H2,1-2H3,(H,13,15). The SMILES string of the molecule is Cc1cc(CCNC(=O)C2CC2)c(C)[nH]1. The van der Waals surface area contributed by atoms with E-state index in [2.05, 4.69) is 30.2 Å². The zero-order chi connectivity index (χ0) is 10.8. The van der Waals surface area contributed by atoms with Gasteiger partial charge in [-0.3, -0.25) is 4.79 Å². The maximum Gasteiger partial charge on any atom is 0.223 e. The zero-order valence-electron chi connectivity index (χ0n) is 9.39. The molecule has 1 aromatic rings. The van der Waals surface area contributed by atoms with Crippen molar-refractivity contribution in [3.63, 3.8) is 0 Å². The van der Waals surface area contributed by atoms with Crippen molar-refractivity contribution in [1.29, 1.82) is 0 Å². The average molecular weight is 206 g/mol. The molecule has 1 amide bonds. The third-order valence-electron chi connectivity index (χ3n) is 2.90. The number of H-pyrrole nitrogens is 1. The number of carbonyl (C=O) groups is 1.